The molecule has 0 aliphatic carbocycles. The van der Waals surface area contributed by atoms with Crippen LogP contribution < -0.4 is 5.73 Å². The number of carbonyl (C=O) groups excluding carboxylic acids is 1. The Morgan fingerprint density at radius 3 is 2.56 bits per heavy atom. The van der Waals surface area contributed by atoms with Gasteiger partial charge >= 0.3 is 5.69 Å². The van der Waals surface area contributed by atoms with E-state index >= 15 is 0 Å². The summed E-state index contributed by atoms with van der Waals surface area (Å²) in [6, 6.07) is 0.486. The first kappa shape index (κ1) is 12.2. The highest BCUT2D eigenvalue weighted by molar-refractivity contribution is 6.30. The number of rotatable bonds is 3. The molecule has 0 aliphatic rings. The maximum atomic E-state index is 12.3. The number of primary amides is 1. The summed E-state index contributed by atoms with van der Waals surface area (Å²) in [6.07, 6.45) is -3.03. The molecule has 0 fully saturated rings. The predicted octanol–water partition coefficient (Wildman–Crippen LogP) is 1.68. The van der Waals surface area contributed by atoms with E-state index in [2.05, 4.69) is 4.98 Å². The van der Waals surface area contributed by atoms with Crippen LogP contribution in [0.1, 0.15) is 22.5 Å². The molecule has 1 heterocycles. The summed E-state index contributed by atoms with van der Waals surface area (Å²) >= 11 is 5.32. The van der Waals surface area contributed by atoms with Crippen molar-refractivity contribution in [2.75, 3.05) is 0 Å². The Labute approximate surface area is 92.2 Å². The first-order valence-corrected chi connectivity index (χ1v) is 4.15. The van der Waals surface area contributed by atoms with Gasteiger partial charge < -0.3 is 5.73 Å². The molecule has 0 radical (unpaired) electrons. The minimum atomic E-state index is -3.03. The monoisotopic (exact) mass is 251 g/mol. The zero-order chi connectivity index (χ0) is 12.5. The summed E-state index contributed by atoms with van der Waals surface area (Å²) in [7, 11) is 0. The Hall–Kier alpha value is -1.83. The minimum Gasteiger partial charge on any atom is -0.364 e. The van der Waals surface area contributed by atoms with E-state index < -0.39 is 39.4 Å². The number of halogens is 3. The van der Waals surface area contributed by atoms with E-state index in [1.54, 1.807) is 0 Å². The molecule has 6 nitrogen and oxygen atoms in total. The van der Waals surface area contributed by atoms with Crippen molar-refractivity contribution in [1.82, 2.24) is 4.98 Å². The summed E-state index contributed by atoms with van der Waals surface area (Å²) < 4.78 is 24.7. The second-order valence-corrected chi connectivity index (χ2v) is 3.02. The van der Waals surface area contributed by atoms with Gasteiger partial charge in [-0.15, -0.1) is 0 Å². The highest BCUT2D eigenvalue weighted by atomic mass is 35.5. The fourth-order valence-electron chi connectivity index (χ4n) is 0.969. The van der Waals surface area contributed by atoms with Gasteiger partial charge in [0, 0.05) is 6.07 Å². The number of amides is 1. The maximum absolute atomic E-state index is 12.3. The molecule has 0 unspecified atom stereocenters. The Kier molecular flexibility index (Phi) is 3.33. The molecule has 86 valence electrons. The van der Waals surface area contributed by atoms with Gasteiger partial charge in [0.05, 0.1) is 10.5 Å². The van der Waals surface area contributed by atoms with Gasteiger partial charge in [-0.25, -0.2) is 13.8 Å². The third-order valence-corrected chi connectivity index (χ3v) is 1.95. The molecule has 16 heavy (non-hydrogen) atoms. The van der Waals surface area contributed by atoms with Crippen LogP contribution in [0.2, 0.25) is 5.15 Å². The Morgan fingerprint density at radius 2 is 2.19 bits per heavy atom. The van der Waals surface area contributed by atoms with Crippen molar-refractivity contribution >= 4 is 23.2 Å². The highest BCUT2D eigenvalue weighted by Crippen LogP contribution is 2.30. The van der Waals surface area contributed by atoms with E-state index in [0.717, 1.165) is 0 Å². The van der Waals surface area contributed by atoms with Gasteiger partial charge in [0.1, 0.15) is 5.15 Å². The van der Waals surface area contributed by atoms with Crippen LogP contribution in [0.15, 0.2) is 6.07 Å². The normalized spacial score (nSPS) is 10.5. The summed E-state index contributed by atoms with van der Waals surface area (Å²) in [5.74, 6) is -1.21. The van der Waals surface area contributed by atoms with Crippen molar-refractivity contribution in [2.24, 2.45) is 5.73 Å². The van der Waals surface area contributed by atoms with E-state index in [4.69, 9.17) is 17.3 Å². The number of hydrogen-bond acceptors (Lipinski definition) is 4. The van der Waals surface area contributed by atoms with Gasteiger partial charge in [-0.05, 0) is 0 Å². The van der Waals surface area contributed by atoms with E-state index in [-0.39, 0.29) is 0 Å². The summed E-state index contributed by atoms with van der Waals surface area (Å²) in [5.41, 5.74) is 2.33. The fraction of sp³-hybridized carbons (Fsp3) is 0.143. The Bertz CT molecular complexity index is 466. The van der Waals surface area contributed by atoms with Gasteiger partial charge in [0.2, 0.25) is 5.69 Å². The average molecular weight is 252 g/mol. The lowest BCUT2D eigenvalue weighted by Gasteiger charge is -2.04. The van der Waals surface area contributed by atoms with Gasteiger partial charge in [-0.2, -0.15) is 0 Å². The number of pyridine rings is 1. The second kappa shape index (κ2) is 4.35. The number of aromatic nitrogens is 1. The van der Waals surface area contributed by atoms with Crippen LogP contribution in [0.4, 0.5) is 14.5 Å². The van der Waals surface area contributed by atoms with Gasteiger partial charge in [-0.3, -0.25) is 14.9 Å². The van der Waals surface area contributed by atoms with Crippen LogP contribution in [0.5, 0.6) is 0 Å². The van der Waals surface area contributed by atoms with E-state index in [0.29, 0.717) is 6.07 Å². The molecule has 1 aromatic heterocycles. The fourth-order valence-corrected chi connectivity index (χ4v) is 1.19. The van der Waals surface area contributed by atoms with Crippen molar-refractivity contribution in [3.05, 3.63) is 32.6 Å². The van der Waals surface area contributed by atoms with Gasteiger partial charge in [0.15, 0.2) is 0 Å². The van der Waals surface area contributed by atoms with Crippen molar-refractivity contribution in [3.8, 4) is 0 Å². The molecule has 0 bridgehead atoms. The van der Waals surface area contributed by atoms with Crippen LogP contribution >= 0.6 is 11.6 Å². The Balaban J connectivity index is 3.49. The maximum Gasteiger partial charge on any atom is 0.301 e. The molecule has 1 rings (SSSR count). The molecule has 0 saturated heterocycles. The largest absolute Gasteiger partial charge is 0.364 e. The zero-order valence-corrected chi connectivity index (χ0v) is 8.24. The van der Waals surface area contributed by atoms with E-state index in [9.17, 15) is 23.7 Å². The molecule has 1 amide bonds. The van der Waals surface area contributed by atoms with Crippen LogP contribution in [0.3, 0.4) is 0 Å². The number of nitrogens with two attached hydrogens (primary N) is 1. The van der Waals surface area contributed by atoms with Crippen molar-refractivity contribution in [2.45, 2.75) is 6.43 Å². The Morgan fingerprint density at radius 1 is 1.62 bits per heavy atom. The first-order chi connectivity index (χ1) is 7.34. The van der Waals surface area contributed by atoms with Crippen molar-refractivity contribution in [1.29, 1.82) is 0 Å². The topological polar surface area (TPSA) is 99.1 Å². The van der Waals surface area contributed by atoms with Gasteiger partial charge in [0.25, 0.3) is 12.3 Å². The standard InChI is InChI=1S/C7H4ClF2N3O3/c8-5-2(6(9)10)1-3(13(15)16)4(12-5)7(11)14/h1,6H,(H2,11,14). The van der Waals surface area contributed by atoms with Crippen molar-refractivity contribution < 1.29 is 18.5 Å². The lowest BCUT2D eigenvalue weighted by Crippen LogP contribution is -2.16. The summed E-state index contributed by atoms with van der Waals surface area (Å²) in [4.78, 5) is 23.4. The first-order valence-electron chi connectivity index (χ1n) is 3.77. The predicted molar refractivity (Wildman–Crippen MR) is 49.4 cm³/mol. The third-order valence-electron chi connectivity index (χ3n) is 1.65. The van der Waals surface area contributed by atoms with Crippen LogP contribution in [-0.4, -0.2) is 15.8 Å². The number of hydrogen-bond donors (Lipinski definition) is 1. The molecule has 0 aliphatic heterocycles. The van der Waals surface area contributed by atoms with Gasteiger partial charge in [-0.1, -0.05) is 11.6 Å². The molecule has 0 atom stereocenters. The lowest BCUT2D eigenvalue weighted by molar-refractivity contribution is -0.385. The van der Waals surface area contributed by atoms with Crippen LogP contribution in [0, 0.1) is 10.1 Å². The minimum absolute atomic E-state index is 0.486. The lowest BCUT2D eigenvalue weighted by atomic mass is 10.2. The molecule has 2 N–H and O–H groups in total. The zero-order valence-electron chi connectivity index (χ0n) is 7.49. The number of alkyl halides is 2. The molecule has 0 spiro atoms. The van der Waals surface area contributed by atoms with E-state index in [1.807, 2.05) is 0 Å². The second-order valence-electron chi connectivity index (χ2n) is 2.66. The third kappa shape index (κ3) is 2.22. The molecule has 0 saturated carbocycles. The average Bonchev–Trinajstić information content (AvgIpc) is 2.15. The smallest absolute Gasteiger partial charge is 0.301 e. The van der Waals surface area contributed by atoms with Crippen LogP contribution in [0.25, 0.3) is 0 Å². The highest BCUT2D eigenvalue weighted by Gasteiger charge is 2.26. The SMILES string of the molecule is NC(=O)c1nc(Cl)c(C(F)F)cc1[N+](=O)[O-]. The quantitative estimate of drug-likeness (QED) is 0.502. The molecular formula is C7H4ClF2N3O3. The molecule has 9 heteroatoms. The van der Waals surface area contributed by atoms with E-state index in [1.165, 1.54) is 0 Å². The molecule has 0 aromatic carbocycles. The number of nitro groups is 1. The number of nitrogens with zero attached hydrogens (tertiary/aromatic N) is 2. The number of carbonyl (C=O) groups is 1. The summed E-state index contributed by atoms with van der Waals surface area (Å²) in [6.45, 7) is 0. The summed E-state index contributed by atoms with van der Waals surface area (Å²) in [5, 5.41) is 9.80. The van der Waals surface area contributed by atoms with Crippen LogP contribution in [-0.2, 0) is 0 Å². The molecular weight excluding hydrogens is 248 g/mol. The van der Waals surface area contributed by atoms with Crippen molar-refractivity contribution in [3.63, 3.8) is 0 Å². The molecule has 1 aromatic rings.